The van der Waals surface area contributed by atoms with Crippen molar-refractivity contribution >= 4 is 46.0 Å². The van der Waals surface area contributed by atoms with Crippen LogP contribution in [0.15, 0.2) is 78.0 Å². The van der Waals surface area contributed by atoms with Crippen LogP contribution in [0.5, 0.6) is 5.75 Å². The van der Waals surface area contributed by atoms with Crippen LogP contribution in [0.2, 0.25) is 0 Å². The molecule has 33 heavy (non-hydrogen) atoms. The number of aromatic nitrogens is 2. The number of nitrogens with zero attached hydrogens (tertiary/aromatic N) is 2. The number of thioether (sulfide) groups is 1. The van der Waals surface area contributed by atoms with Gasteiger partial charge in [0.2, 0.25) is 11.8 Å². The molecule has 0 spiro atoms. The fourth-order valence-electron chi connectivity index (χ4n) is 3.36. The van der Waals surface area contributed by atoms with Crippen LogP contribution in [0.3, 0.4) is 0 Å². The number of ether oxygens (including phenoxy) is 1. The zero-order valence-electron chi connectivity index (χ0n) is 18.5. The zero-order chi connectivity index (χ0) is 23.4. The fourth-order valence-corrected chi connectivity index (χ4v) is 4.30. The molecule has 0 saturated heterocycles. The molecule has 1 atom stereocenters. The molecule has 1 heterocycles. The van der Waals surface area contributed by atoms with E-state index < -0.39 is 5.25 Å². The maximum absolute atomic E-state index is 12.9. The van der Waals surface area contributed by atoms with Crippen molar-refractivity contribution in [1.82, 2.24) is 9.55 Å². The van der Waals surface area contributed by atoms with Crippen molar-refractivity contribution in [2.45, 2.75) is 24.3 Å². The molecule has 7 nitrogen and oxygen atoms in total. The van der Waals surface area contributed by atoms with Crippen LogP contribution >= 0.6 is 11.8 Å². The molecule has 2 N–H and O–H groups in total. The Morgan fingerprint density at radius 1 is 0.939 bits per heavy atom. The summed E-state index contributed by atoms with van der Waals surface area (Å²) >= 11 is 1.39. The van der Waals surface area contributed by atoms with Gasteiger partial charge in [0.15, 0.2) is 5.16 Å². The van der Waals surface area contributed by atoms with Gasteiger partial charge >= 0.3 is 0 Å². The monoisotopic (exact) mass is 460 g/mol. The van der Waals surface area contributed by atoms with E-state index in [-0.39, 0.29) is 11.8 Å². The number of imidazole rings is 1. The zero-order valence-corrected chi connectivity index (χ0v) is 19.3. The van der Waals surface area contributed by atoms with Crippen molar-refractivity contribution in [3.05, 3.63) is 72.8 Å². The lowest BCUT2D eigenvalue weighted by atomic mass is 10.2. The summed E-state index contributed by atoms with van der Waals surface area (Å²) in [5, 5.41) is 5.96. The first-order valence-corrected chi connectivity index (χ1v) is 11.3. The molecular formula is C25H24N4O3S. The molecule has 0 aliphatic carbocycles. The van der Waals surface area contributed by atoms with Gasteiger partial charge in [-0.15, -0.1) is 0 Å². The molecule has 0 radical (unpaired) electrons. The van der Waals surface area contributed by atoms with E-state index >= 15 is 0 Å². The Morgan fingerprint density at radius 2 is 1.58 bits per heavy atom. The Kier molecular flexibility index (Phi) is 6.65. The Hall–Kier alpha value is -3.78. The molecule has 0 aliphatic heterocycles. The van der Waals surface area contributed by atoms with E-state index in [1.54, 1.807) is 31.4 Å². The van der Waals surface area contributed by atoms with E-state index in [9.17, 15) is 9.59 Å². The highest BCUT2D eigenvalue weighted by Gasteiger charge is 2.20. The van der Waals surface area contributed by atoms with Gasteiger partial charge in [0.05, 0.1) is 23.4 Å². The van der Waals surface area contributed by atoms with E-state index in [2.05, 4.69) is 10.6 Å². The summed E-state index contributed by atoms with van der Waals surface area (Å²) in [6, 6.07) is 22.6. The summed E-state index contributed by atoms with van der Waals surface area (Å²) in [5.41, 5.74) is 4.10. The number of fused-ring (bicyclic) bond motifs is 1. The van der Waals surface area contributed by atoms with Crippen molar-refractivity contribution in [3.63, 3.8) is 0 Å². The Morgan fingerprint density at radius 3 is 2.21 bits per heavy atom. The molecule has 4 rings (SSSR count). The van der Waals surface area contributed by atoms with Gasteiger partial charge in [0.1, 0.15) is 5.75 Å². The Bertz CT molecular complexity index is 1280. The predicted octanol–water partition coefficient (Wildman–Crippen LogP) is 5.11. The van der Waals surface area contributed by atoms with Crippen LogP contribution in [-0.4, -0.2) is 33.7 Å². The van der Waals surface area contributed by atoms with Crippen LogP contribution in [0.1, 0.15) is 13.8 Å². The van der Waals surface area contributed by atoms with Gasteiger partial charge in [0.25, 0.3) is 0 Å². The van der Waals surface area contributed by atoms with Crippen LogP contribution in [0, 0.1) is 0 Å². The minimum atomic E-state index is -0.395. The number of rotatable bonds is 7. The van der Waals surface area contributed by atoms with Gasteiger partial charge in [-0.05, 0) is 67.6 Å². The van der Waals surface area contributed by atoms with E-state index in [1.807, 2.05) is 60.0 Å². The minimum absolute atomic E-state index is 0.138. The lowest BCUT2D eigenvalue weighted by Crippen LogP contribution is -2.22. The third-order valence-corrected chi connectivity index (χ3v) is 6.04. The number of hydrogen-bond donors (Lipinski definition) is 2. The minimum Gasteiger partial charge on any atom is -0.497 e. The SMILES string of the molecule is COc1ccc(-n2c(SC(C)C(=O)Nc3ccc(NC(C)=O)cc3)nc3ccccc32)cc1. The van der Waals surface area contributed by atoms with Gasteiger partial charge in [-0.3, -0.25) is 14.2 Å². The van der Waals surface area contributed by atoms with Crippen molar-refractivity contribution in [3.8, 4) is 11.4 Å². The van der Waals surface area contributed by atoms with E-state index in [0.29, 0.717) is 11.4 Å². The highest BCUT2D eigenvalue weighted by Crippen LogP contribution is 2.31. The van der Waals surface area contributed by atoms with Gasteiger partial charge < -0.3 is 15.4 Å². The molecule has 0 bridgehead atoms. The number of benzene rings is 3. The molecule has 8 heteroatoms. The first-order valence-electron chi connectivity index (χ1n) is 10.4. The maximum Gasteiger partial charge on any atom is 0.237 e. The molecule has 1 aromatic heterocycles. The number of para-hydroxylation sites is 2. The van der Waals surface area contributed by atoms with Gasteiger partial charge in [-0.2, -0.15) is 0 Å². The molecule has 0 aliphatic rings. The second-order valence-corrected chi connectivity index (χ2v) is 8.73. The largest absolute Gasteiger partial charge is 0.497 e. The van der Waals surface area contributed by atoms with E-state index in [0.717, 1.165) is 27.6 Å². The van der Waals surface area contributed by atoms with Crippen LogP contribution in [0.25, 0.3) is 16.7 Å². The number of methoxy groups -OCH3 is 1. The highest BCUT2D eigenvalue weighted by atomic mass is 32.2. The van der Waals surface area contributed by atoms with Crippen LogP contribution in [0.4, 0.5) is 11.4 Å². The quantitative estimate of drug-likeness (QED) is 0.374. The average Bonchev–Trinajstić information content (AvgIpc) is 3.17. The molecule has 4 aromatic rings. The first kappa shape index (κ1) is 22.4. The molecule has 0 saturated carbocycles. The van der Waals surface area contributed by atoms with Crippen molar-refractivity contribution in [1.29, 1.82) is 0 Å². The summed E-state index contributed by atoms with van der Waals surface area (Å²) in [6.07, 6.45) is 0. The number of hydrogen-bond acceptors (Lipinski definition) is 5. The fraction of sp³-hybridized carbons (Fsp3) is 0.160. The number of amides is 2. The third kappa shape index (κ3) is 5.18. The van der Waals surface area contributed by atoms with Crippen LogP contribution in [-0.2, 0) is 9.59 Å². The van der Waals surface area contributed by atoms with E-state index in [4.69, 9.17) is 9.72 Å². The second-order valence-electron chi connectivity index (χ2n) is 7.42. The van der Waals surface area contributed by atoms with Gasteiger partial charge in [0, 0.05) is 24.0 Å². The lowest BCUT2D eigenvalue weighted by molar-refractivity contribution is -0.115. The predicted molar refractivity (Wildman–Crippen MR) is 132 cm³/mol. The number of carbonyl (C=O) groups is 2. The Labute approximate surface area is 196 Å². The summed E-state index contributed by atoms with van der Waals surface area (Å²) in [5.74, 6) is 0.492. The standard InChI is InChI=1S/C25H24N4O3S/c1-16(24(31)27-19-10-8-18(9-11-19)26-17(2)30)33-25-28-22-6-4-5-7-23(22)29(25)20-12-14-21(32-3)15-13-20/h4-16H,1-3H3,(H,26,30)(H,27,31). The number of carbonyl (C=O) groups excluding carboxylic acids is 2. The highest BCUT2D eigenvalue weighted by molar-refractivity contribution is 8.00. The Balaban J connectivity index is 1.55. The lowest BCUT2D eigenvalue weighted by Gasteiger charge is -2.14. The molecule has 1 unspecified atom stereocenters. The van der Waals surface area contributed by atoms with E-state index in [1.165, 1.54) is 18.7 Å². The van der Waals surface area contributed by atoms with Gasteiger partial charge in [-0.25, -0.2) is 4.98 Å². The molecular weight excluding hydrogens is 436 g/mol. The maximum atomic E-state index is 12.9. The molecule has 0 fully saturated rings. The average molecular weight is 461 g/mol. The summed E-state index contributed by atoms with van der Waals surface area (Å²) in [4.78, 5) is 28.8. The molecule has 168 valence electrons. The first-order chi connectivity index (χ1) is 15.9. The summed E-state index contributed by atoms with van der Waals surface area (Å²) in [7, 11) is 1.64. The number of nitrogens with one attached hydrogen (secondary N) is 2. The van der Waals surface area contributed by atoms with Gasteiger partial charge in [-0.1, -0.05) is 23.9 Å². The smallest absolute Gasteiger partial charge is 0.237 e. The van der Waals surface area contributed by atoms with Crippen molar-refractivity contribution in [2.75, 3.05) is 17.7 Å². The number of anilines is 2. The topological polar surface area (TPSA) is 85.2 Å². The summed E-state index contributed by atoms with van der Waals surface area (Å²) in [6.45, 7) is 3.30. The van der Waals surface area contributed by atoms with Crippen molar-refractivity contribution in [2.24, 2.45) is 0 Å². The summed E-state index contributed by atoms with van der Waals surface area (Å²) < 4.78 is 7.33. The van der Waals surface area contributed by atoms with Crippen LogP contribution < -0.4 is 15.4 Å². The van der Waals surface area contributed by atoms with Crippen molar-refractivity contribution < 1.29 is 14.3 Å². The second kappa shape index (κ2) is 9.79. The molecule has 2 amide bonds. The molecule has 3 aromatic carbocycles. The third-order valence-electron chi connectivity index (χ3n) is 4.98. The normalized spacial score (nSPS) is 11.7.